The third kappa shape index (κ3) is 3.71. The van der Waals surface area contributed by atoms with Crippen LogP contribution in [0.25, 0.3) is 0 Å². The monoisotopic (exact) mass is 292 g/mol. The van der Waals surface area contributed by atoms with Gasteiger partial charge in [-0.2, -0.15) is 0 Å². The van der Waals surface area contributed by atoms with Crippen LogP contribution in [0.2, 0.25) is 0 Å². The van der Waals surface area contributed by atoms with Gasteiger partial charge in [-0.15, -0.1) is 0 Å². The number of hydrogen-bond acceptors (Lipinski definition) is 5. The molecule has 6 heteroatoms. The van der Waals surface area contributed by atoms with Gasteiger partial charge in [-0.1, -0.05) is 0 Å². The first-order chi connectivity index (χ1) is 10.0. The highest BCUT2D eigenvalue weighted by Crippen LogP contribution is 2.25. The lowest BCUT2D eigenvalue weighted by Gasteiger charge is -2.32. The van der Waals surface area contributed by atoms with Gasteiger partial charge in [-0.05, 0) is 37.8 Å². The van der Waals surface area contributed by atoms with Crippen LogP contribution in [0.15, 0.2) is 12.1 Å². The Bertz CT molecular complexity index is 536. The first kappa shape index (κ1) is 15.3. The summed E-state index contributed by atoms with van der Waals surface area (Å²) in [7, 11) is 1.35. The van der Waals surface area contributed by atoms with Gasteiger partial charge in [0.2, 0.25) is 0 Å². The van der Waals surface area contributed by atoms with Crippen LogP contribution in [-0.4, -0.2) is 42.2 Å². The molecule has 0 bridgehead atoms. The minimum atomic E-state index is -0.732. The summed E-state index contributed by atoms with van der Waals surface area (Å²) < 4.78 is 4.71. The molecule has 1 aliphatic rings. The molecule has 2 heterocycles. The quantitative estimate of drug-likeness (QED) is 0.853. The second-order valence-corrected chi connectivity index (χ2v) is 5.32. The number of methoxy groups -OCH3 is 1. The SMILES string of the molecule is COC(=O)c1ccc(N2CCC(CC(=O)O)CC2)nc1C. The average molecular weight is 292 g/mol. The Labute approximate surface area is 123 Å². The maximum atomic E-state index is 11.5. The van der Waals surface area contributed by atoms with Crippen molar-refractivity contribution in [3.05, 3.63) is 23.4 Å². The van der Waals surface area contributed by atoms with E-state index < -0.39 is 5.97 Å². The molecule has 0 atom stereocenters. The fourth-order valence-electron chi connectivity index (χ4n) is 2.66. The van der Waals surface area contributed by atoms with Crippen molar-refractivity contribution in [3.8, 4) is 0 Å². The number of pyridine rings is 1. The molecule has 2 rings (SSSR count). The first-order valence-electron chi connectivity index (χ1n) is 7.04. The standard InChI is InChI=1S/C15H20N2O4/c1-10-12(15(20)21-2)3-4-13(16-10)17-7-5-11(6-8-17)9-14(18)19/h3-4,11H,5-9H2,1-2H3,(H,18,19). The number of carbonyl (C=O) groups is 2. The van der Waals surface area contributed by atoms with E-state index in [-0.39, 0.29) is 18.3 Å². The number of aliphatic carboxylic acids is 1. The molecule has 0 spiro atoms. The Morgan fingerprint density at radius 1 is 1.38 bits per heavy atom. The van der Waals surface area contributed by atoms with E-state index in [1.54, 1.807) is 13.0 Å². The number of rotatable bonds is 4. The number of aromatic nitrogens is 1. The number of carboxylic acids is 1. The van der Waals surface area contributed by atoms with Gasteiger partial charge in [-0.3, -0.25) is 4.79 Å². The summed E-state index contributed by atoms with van der Waals surface area (Å²) >= 11 is 0. The van der Waals surface area contributed by atoms with Crippen molar-refractivity contribution >= 4 is 17.8 Å². The highest BCUT2D eigenvalue weighted by molar-refractivity contribution is 5.90. The molecule has 1 aromatic heterocycles. The number of hydrogen-bond donors (Lipinski definition) is 1. The highest BCUT2D eigenvalue weighted by atomic mass is 16.5. The summed E-state index contributed by atoms with van der Waals surface area (Å²) in [6.07, 6.45) is 1.94. The van der Waals surface area contributed by atoms with Gasteiger partial charge in [0.15, 0.2) is 0 Å². The summed E-state index contributed by atoms with van der Waals surface area (Å²) in [6.45, 7) is 3.37. The topological polar surface area (TPSA) is 79.7 Å². The van der Waals surface area contributed by atoms with Crippen molar-refractivity contribution in [1.82, 2.24) is 4.98 Å². The Morgan fingerprint density at radius 2 is 2.05 bits per heavy atom. The van der Waals surface area contributed by atoms with E-state index in [0.29, 0.717) is 11.3 Å². The predicted octanol–water partition coefficient (Wildman–Crippen LogP) is 1.87. The van der Waals surface area contributed by atoms with Gasteiger partial charge >= 0.3 is 11.9 Å². The lowest BCUT2D eigenvalue weighted by atomic mass is 9.93. The predicted molar refractivity (Wildman–Crippen MR) is 77.5 cm³/mol. The van der Waals surface area contributed by atoms with E-state index in [1.807, 2.05) is 6.07 Å². The molecule has 1 aliphatic heterocycles. The van der Waals surface area contributed by atoms with Crippen LogP contribution in [0.5, 0.6) is 0 Å². The third-order valence-corrected chi connectivity index (χ3v) is 3.88. The molecule has 0 aliphatic carbocycles. The molecule has 1 saturated heterocycles. The number of esters is 1. The largest absolute Gasteiger partial charge is 0.481 e. The Hall–Kier alpha value is -2.11. The van der Waals surface area contributed by atoms with E-state index in [1.165, 1.54) is 7.11 Å². The lowest BCUT2D eigenvalue weighted by molar-refractivity contribution is -0.138. The molecule has 1 aromatic rings. The van der Waals surface area contributed by atoms with E-state index in [4.69, 9.17) is 9.84 Å². The molecule has 1 N–H and O–H groups in total. The fourth-order valence-corrected chi connectivity index (χ4v) is 2.66. The molecule has 1 fully saturated rings. The van der Waals surface area contributed by atoms with Crippen LogP contribution in [0.1, 0.15) is 35.3 Å². The Kier molecular flexibility index (Phi) is 4.77. The van der Waals surface area contributed by atoms with Crippen molar-refractivity contribution in [3.63, 3.8) is 0 Å². The van der Waals surface area contributed by atoms with Gasteiger partial charge in [0.1, 0.15) is 5.82 Å². The molecule has 114 valence electrons. The zero-order valence-corrected chi connectivity index (χ0v) is 12.3. The Morgan fingerprint density at radius 3 is 2.57 bits per heavy atom. The number of nitrogens with zero attached hydrogens (tertiary/aromatic N) is 2. The van der Waals surface area contributed by atoms with Crippen LogP contribution < -0.4 is 4.90 Å². The molecular weight excluding hydrogens is 272 g/mol. The molecule has 0 aromatic carbocycles. The summed E-state index contributed by atoms with van der Waals surface area (Å²) in [5.74, 6) is -0.0420. The normalized spacial score (nSPS) is 15.8. The molecule has 0 radical (unpaired) electrons. The second-order valence-electron chi connectivity index (χ2n) is 5.32. The maximum Gasteiger partial charge on any atom is 0.339 e. The van der Waals surface area contributed by atoms with Crippen LogP contribution in [-0.2, 0) is 9.53 Å². The lowest BCUT2D eigenvalue weighted by Crippen LogP contribution is -2.35. The number of aryl methyl sites for hydroxylation is 1. The van der Waals surface area contributed by atoms with Crippen LogP contribution in [0.4, 0.5) is 5.82 Å². The zero-order chi connectivity index (χ0) is 15.4. The van der Waals surface area contributed by atoms with Gasteiger partial charge in [0, 0.05) is 19.5 Å². The first-order valence-corrected chi connectivity index (χ1v) is 7.04. The smallest absolute Gasteiger partial charge is 0.339 e. The summed E-state index contributed by atoms with van der Waals surface area (Å²) in [5, 5.41) is 8.82. The minimum absolute atomic E-state index is 0.238. The highest BCUT2D eigenvalue weighted by Gasteiger charge is 2.22. The fraction of sp³-hybridized carbons (Fsp3) is 0.533. The molecule has 6 nitrogen and oxygen atoms in total. The maximum absolute atomic E-state index is 11.5. The molecule has 21 heavy (non-hydrogen) atoms. The van der Waals surface area contributed by atoms with Crippen molar-refractivity contribution in [1.29, 1.82) is 0 Å². The van der Waals surface area contributed by atoms with E-state index >= 15 is 0 Å². The summed E-state index contributed by atoms with van der Waals surface area (Å²) in [6, 6.07) is 3.55. The number of carbonyl (C=O) groups excluding carboxylic acids is 1. The molecule has 0 unspecified atom stereocenters. The van der Waals surface area contributed by atoms with Crippen molar-refractivity contribution in [2.75, 3.05) is 25.1 Å². The minimum Gasteiger partial charge on any atom is -0.481 e. The molecular formula is C15H20N2O4. The van der Waals surface area contributed by atoms with Crippen molar-refractivity contribution in [2.45, 2.75) is 26.2 Å². The van der Waals surface area contributed by atoms with Crippen molar-refractivity contribution in [2.24, 2.45) is 5.92 Å². The average Bonchev–Trinajstić information content (AvgIpc) is 2.46. The van der Waals surface area contributed by atoms with Gasteiger partial charge in [0.05, 0.1) is 18.4 Å². The number of carboxylic acid groups (broad SMARTS) is 1. The van der Waals surface area contributed by atoms with Gasteiger partial charge < -0.3 is 14.7 Å². The molecule has 0 amide bonds. The number of piperidine rings is 1. The van der Waals surface area contributed by atoms with Crippen LogP contribution >= 0.6 is 0 Å². The second kappa shape index (κ2) is 6.56. The van der Waals surface area contributed by atoms with Crippen molar-refractivity contribution < 1.29 is 19.4 Å². The Balaban J connectivity index is 2.02. The van der Waals surface area contributed by atoms with E-state index in [0.717, 1.165) is 31.7 Å². The zero-order valence-electron chi connectivity index (χ0n) is 12.3. The van der Waals surface area contributed by atoms with Crippen LogP contribution in [0.3, 0.4) is 0 Å². The summed E-state index contributed by atoms with van der Waals surface area (Å²) in [5.41, 5.74) is 1.12. The molecule has 0 saturated carbocycles. The van der Waals surface area contributed by atoms with Crippen LogP contribution in [0, 0.1) is 12.8 Å². The number of ether oxygens (including phenoxy) is 1. The van der Waals surface area contributed by atoms with Gasteiger partial charge in [-0.25, -0.2) is 9.78 Å². The van der Waals surface area contributed by atoms with E-state index in [9.17, 15) is 9.59 Å². The summed E-state index contributed by atoms with van der Waals surface area (Å²) in [4.78, 5) is 28.9. The van der Waals surface area contributed by atoms with Gasteiger partial charge in [0.25, 0.3) is 0 Å². The van der Waals surface area contributed by atoms with E-state index in [2.05, 4.69) is 9.88 Å². The third-order valence-electron chi connectivity index (χ3n) is 3.88. The number of anilines is 1.